The highest BCUT2D eigenvalue weighted by atomic mass is 16.4. The molecule has 1 atom stereocenters. The molecule has 4 N–H and O–H groups in total. The Balaban J connectivity index is 2.35. The van der Waals surface area contributed by atoms with Crippen LogP contribution < -0.4 is 11.1 Å². The first kappa shape index (κ1) is 16.0. The van der Waals surface area contributed by atoms with Gasteiger partial charge in [-0.2, -0.15) is 0 Å². The van der Waals surface area contributed by atoms with Crippen molar-refractivity contribution in [2.75, 3.05) is 6.54 Å². The standard InChI is InChI=1S/C14H26N2O3/c15-10-6-2-5-9-12(17)16-13(14(18)19)11-7-3-1-4-8-11/h11,13H,1-10,15H2,(H,16,17)(H,18,19). The third-order valence-electron chi connectivity index (χ3n) is 3.81. The number of amides is 1. The van der Waals surface area contributed by atoms with E-state index in [1.165, 1.54) is 6.42 Å². The average molecular weight is 270 g/mol. The van der Waals surface area contributed by atoms with E-state index in [9.17, 15) is 14.7 Å². The topological polar surface area (TPSA) is 92.4 Å². The molecule has 1 amide bonds. The Kier molecular flexibility index (Phi) is 7.48. The quantitative estimate of drug-likeness (QED) is 0.585. The second kappa shape index (κ2) is 8.91. The van der Waals surface area contributed by atoms with E-state index in [1.807, 2.05) is 0 Å². The molecule has 1 unspecified atom stereocenters. The molecule has 19 heavy (non-hydrogen) atoms. The van der Waals surface area contributed by atoms with E-state index in [2.05, 4.69) is 5.32 Å². The molecule has 1 saturated carbocycles. The summed E-state index contributed by atoms with van der Waals surface area (Å²) < 4.78 is 0. The first-order valence-corrected chi connectivity index (χ1v) is 7.37. The lowest BCUT2D eigenvalue weighted by atomic mass is 9.84. The average Bonchev–Trinajstić information content (AvgIpc) is 2.41. The van der Waals surface area contributed by atoms with Crippen molar-refractivity contribution in [3.8, 4) is 0 Å². The van der Waals surface area contributed by atoms with Crippen LogP contribution in [0.25, 0.3) is 0 Å². The summed E-state index contributed by atoms with van der Waals surface area (Å²) in [5, 5.41) is 11.9. The Morgan fingerprint density at radius 2 is 1.84 bits per heavy atom. The summed E-state index contributed by atoms with van der Waals surface area (Å²) in [4.78, 5) is 23.0. The van der Waals surface area contributed by atoms with Crippen molar-refractivity contribution in [3.05, 3.63) is 0 Å². The van der Waals surface area contributed by atoms with Crippen LogP contribution >= 0.6 is 0 Å². The van der Waals surface area contributed by atoms with Crippen LogP contribution in [0.5, 0.6) is 0 Å². The molecule has 0 radical (unpaired) electrons. The van der Waals surface area contributed by atoms with Crippen LogP contribution in [0.4, 0.5) is 0 Å². The van der Waals surface area contributed by atoms with Crippen molar-refractivity contribution in [1.82, 2.24) is 5.32 Å². The van der Waals surface area contributed by atoms with Gasteiger partial charge in [0.25, 0.3) is 0 Å². The Labute approximate surface area is 114 Å². The van der Waals surface area contributed by atoms with Gasteiger partial charge in [-0.25, -0.2) is 4.79 Å². The third kappa shape index (κ3) is 6.05. The van der Waals surface area contributed by atoms with Crippen LogP contribution in [0.2, 0.25) is 0 Å². The second-order valence-corrected chi connectivity index (χ2v) is 5.38. The fraction of sp³-hybridized carbons (Fsp3) is 0.857. The summed E-state index contributed by atoms with van der Waals surface area (Å²) in [6.07, 6.45) is 8.15. The molecular weight excluding hydrogens is 244 g/mol. The maximum atomic E-state index is 11.8. The van der Waals surface area contributed by atoms with Crippen molar-refractivity contribution >= 4 is 11.9 Å². The molecule has 5 nitrogen and oxygen atoms in total. The van der Waals surface area contributed by atoms with Gasteiger partial charge >= 0.3 is 5.97 Å². The molecule has 1 aliphatic rings. The molecule has 0 spiro atoms. The van der Waals surface area contributed by atoms with Gasteiger partial charge in [0.15, 0.2) is 0 Å². The van der Waals surface area contributed by atoms with Gasteiger partial charge in [-0.1, -0.05) is 25.7 Å². The molecule has 5 heteroatoms. The van der Waals surface area contributed by atoms with E-state index >= 15 is 0 Å². The molecule has 0 aromatic carbocycles. The van der Waals surface area contributed by atoms with Crippen LogP contribution in [0.15, 0.2) is 0 Å². The fourth-order valence-electron chi connectivity index (χ4n) is 2.70. The van der Waals surface area contributed by atoms with Gasteiger partial charge < -0.3 is 16.2 Å². The minimum Gasteiger partial charge on any atom is -0.480 e. The molecule has 1 fully saturated rings. The smallest absolute Gasteiger partial charge is 0.326 e. The molecule has 1 aliphatic carbocycles. The maximum absolute atomic E-state index is 11.8. The highest BCUT2D eigenvalue weighted by Gasteiger charge is 2.30. The summed E-state index contributed by atoms with van der Waals surface area (Å²) in [7, 11) is 0. The lowest BCUT2D eigenvalue weighted by Crippen LogP contribution is -2.46. The summed E-state index contributed by atoms with van der Waals surface area (Å²) in [6, 6.07) is -0.706. The lowest BCUT2D eigenvalue weighted by Gasteiger charge is -2.28. The van der Waals surface area contributed by atoms with Gasteiger partial charge in [0.1, 0.15) is 6.04 Å². The highest BCUT2D eigenvalue weighted by Crippen LogP contribution is 2.26. The van der Waals surface area contributed by atoms with Crippen LogP contribution in [0.3, 0.4) is 0 Å². The number of hydrogen-bond acceptors (Lipinski definition) is 3. The van der Waals surface area contributed by atoms with E-state index in [1.54, 1.807) is 0 Å². The number of aliphatic carboxylic acids is 1. The predicted molar refractivity (Wildman–Crippen MR) is 73.7 cm³/mol. The van der Waals surface area contributed by atoms with Gasteiger partial charge in [-0.15, -0.1) is 0 Å². The molecule has 0 aromatic rings. The predicted octanol–water partition coefficient (Wildman–Crippen LogP) is 1.66. The molecular formula is C14H26N2O3. The number of unbranched alkanes of at least 4 members (excludes halogenated alkanes) is 2. The van der Waals surface area contributed by atoms with Crippen molar-refractivity contribution in [2.24, 2.45) is 11.7 Å². The van der Waals surface area contributed by atoms with Crippen LogP contribution in [0, 0.1) is 5.92 Å². The van der Waals surface area contributed by atoms with E-state index in [-0.39, 0.29) is 11.8 Å². The zero-order chi connectivity index (χ0) is 14.1. The van der Waals surface area contributed by atoms with Gasteiger partial charge in [0.05, 0.1) is 0 Å². The Bertz CT molecular complexity index is 288. The first-order chi connectivity index (χ1) is 9.15. The fourth-order valence-corrected chi connectivity index (χ4v) is 2.70. The van der Waals surface area contributed by atoms with Gasteiger partial charge in [0, 0.05) is 6.42 Å². The van der Waals surface area contributed by atoms with E-state index in [0.29, 0.717) is 13.0 Å². The van der Waals surface area contributed by atoms with Crippen LogP contribution in [-0.4, -0.2) is 29.6 Å². The van der Waals surface area contributed by atoms with E-state index in [0.717, 1.165) is 44.9 Å². The summed E-state index contributed by atoms with van der Waals surface area (Å²) in [5.74, 6) is -0.948. The Morgan fingerprint density at radius 1 is 1.16 bits per heavy atom. The number of carboxylic acids is 1. The molecule has 0 heterocycles. The summed E-state index contributed by atoms with van der Waals surface area (Å²) in [5.41, 5.74) is 5.39. The number of carbonyl (C=O) groups is 2. The largest absolute Gasteiger partial charge is 0.480 e. The van der Waals surface area contributed by atoms with Gasteiger partial charge in [-0.3, -0.25) is 4.79 Å². The van der Waals surface area contributed by atoms with Crippen molar-refractivity contribution in [3.63, 3.8) is 0 Å². The Morgan fingerprint density at radius 3 is 2.42 bits per heavy atom. The highest BCUT2D eigenvalue weighted by molar-refractivity contribution is 5.83. The number of nitrogens with one attached hydrogen (secondary N) is 1. The van der Waals surface area contributed by atoms with E-state index < -0.39 is 12.0 Å². The molecule has 0 bridgehead atoms. The van der Waals surface area contributed by atoms with E-state index in [4.69, 9.17) is 5.73 Å². The van der Waals surface area contributed by atoms with Gasteiger partial charge in [0.2, 0.25) is 5.91 Å². The van der Waals surface area contributed by atoms with Crippen molar-refractivity contribution in [2.45, 2.75) is 63.8 Å². The molecule has 1 rings (SSSR count). The normalized spacial score (nSPS) is 17.9. The first-order valence-electron chi connectivity index (χ1n) is 7.37. The number of rotatable bonds is 8. The number of carboxylic acid groups (broad SMARTS) is 1. The monoisotopic (exact) mass is 270 g/mol. The lowest BCUT2D eigenvalue weighted by molar-refractivity contribution is -0.143. The van der Waals surface area contributed by atoms with Crippen molar-refractivity contribution < 1.29 is 14.7 Å². The molecule has 0 aliphatic heterocycles. The number of carbonyl (C=O) groups excluding carboxylic acids is 1. The minimum absolute atomic E-state index is 0.0965. The van der Waals surface area contributed by atoms with Crippen molar-refractivity contribution in [1.29, 1.82) is 0 Å². The number of hydrogen-bond donors (Lipinski definition) is 3. The Hall–Kier alpha value is -1.10. The molecule has 110 valence electrons. The van der Waals surface area contributed by atoms with Crippen LogP contribution in [0.1, 0.15) is 57.8 Å². The zero-order valence-electron chi connectivity index (χ0n) is 11.6. The van der Waals surface area contributed by atoms with Gasteiger partial charge in [-0.05, 0) is 38.1 Å². The zero-order valence-corrected chi connectivity index (χ0v) is 11.6. The SMILES string of the molecule is NCCCCCC(=O)NC(C(=O)O)C1CCCCC1. The second-order valence-electron chi connectivity index (χ2n) is 5.38. The molecule has 0 aromatic heterocycles. The van der Waals surface area contributed by atoms with Crippen LogP contribution in [-0.2, 0) is 9.59 Å². The maximum Gasteiger partial charge on any atom is 0.326 e. The third-order valence-corrected chi connectivity index (χ3v) is 3.81. The summed E-state index contributed by atoms with van der Waals surface area (Å²) >= 11 is 0. The minimum atomic E-state index is -0.901. The number of nitrogens with two attached hydrogens (primary N) is 1. The molecule has 0 saturated heterocycles. The summed E-state index contributed by atoms with van der Waals surface area (Å²) in [6.45, 7) is 0.640.